The minimum atomic E-state index is -0.195. The molecule has 1 aromatic rings. The van der Waals surface area contributed by atoms with Crippen LogP contribution in [0.1, 0.15) is 26.7 Å². The molecule has 1 N–H and O–H groups in total. The summed E-state index contributed by atoms with van der Waals surface area (Å²) in [7, 11) is 0. The van der Waals surface area contributed by atoms with Crippen LogP contribution in [0.15, 0.2) is 24.3 Å². The Balaban J connectivity index is 2.03. The van der Waals surface area contributed by atoms with Crippen molar-refractivity contribution in [1.82, 2.24) is 0 Å². The summed E-state index contributed by atoms with van der Waals surface area (Å²) in [5.74, 6) is 1.52. The quantitative estimate of drug-likeness (QED) is 0.869. The van der Waals surface area contributed by atoms with Crippen molar-refractivity contribution < 1.29 is 14.3 Å². The molecule has 22 heavy (non-hydrogen) atoms. The number of anilines is 2. The van der Waals surface area contributed by atoms with E-state index in [9.17, 15) is 4.79 Å². The van der Waals surface area contributed by atoms with E-state index < -0.39 is 0 Å². The first-order valence-electron chi connectivity index (χ1n) is 7.76. The lowest BCUT2D eigenvalue weighted by atomic mass is 10.0. The zero-order chi connectivity index (χ0) is 15.7. The van der Waals surface area contributed by atoms with Crippen molar-refractivity contribution in [3.63, 3.8) is 0 Å². The predicted molar refractivity (Wildman–Crippen MR) is 86.9 cm³/mol. The van der Waals surface area contributed by atoms with E-state index in [2.05, 4.69) is 18.8 Å². The summed E-state index contributed by atoms with van der Waals surface area (Å²) in [5, 5.41) is 3.34. The smallest absolute Gasteiger partial charge is 0.249 e. The number of hydrogen-bond acceptors (Lipinski definition) is 4. The fourth-order valence-corrected chi connectivity index (χ4v) is 2.89. The molecule has 0 aliphatic carbocycles. The number of nitrogens with one attached hydrogen (secondary N) is 1. The molecule has 0 bridgehead atoms. The van der Waals surface area contributed by atoms with Gasteiger partial charge in [-0.15, -0.1) is 0 Å². The van der Waals surface area contributed by atoms with Crippen LogP contribution in [0.5, 0.6) is 11.5 Å². The Labute approximate surface area is 130 Å². The van der Waals surface area contributed by atoms with E-state index in [-0.39, 0.29) is 11.9 Å². The lowest BCUT2D eigenvalue weighted by Crippen LogP contribution is -2.47. The predicted octanol–water partition coefficient (Wildman–Crippen LogP) is 2.96. The van der Waals surface area contributed by atoms with Gasteiger partial charge in [0.1, 0.15) is 19.3 Å². The molecule has 1 unspecified atom stereocenters. The molecule has 5 heteroatoms. The third kappa shape index (κ3) is 2.63. The van der Waals surface area contributed by atoms with Gasteiger partial charge in [0.25, 0.3) is 0 Å². The molecule has 0 aromatic heterocycles. The maximum atomic E-state index is 12.7. The van der Waals surface area contributed by atoms with Crippen LogP contribution >= 0.6 is 0 Å². The molecule has 2 heterocycles. The lowest BCUT2D eigenvalue weighted by Gasteiger charge is -2.36. The Bertz CT molecular complexity index is 612. The first-order valence-corrected chi connectivity index (χ1v) is 7.76. The third-order valence-electron chi connectivity index (χ3n) is 3.85. The molecule has 1 aromatic carbocycles. The fraction of sp³-hybridized carbons (Fsp3) is 0.471. The second kappa shape index (κ2) is 5.91. The zero-order valence-corrected chi connectivity index (χ0v) is 13.1. The van der Waals surface area contributed by atoms with Crippen LogP contribution in [0.4, 0.5) is 11.4 Å². The number of nitrogens with zero attached hydrogens (tertiary/aromatic N) is 1. The molecule has 2 aliphatic rings. The molecule has 0 spiro atoms. The molecule has 0 saturated carbocycles. The molecule has 1 amide bonds. The summed E-state index contributed by atoms with van der Waals surface area (Å²) in [6.07, 6.45) is 1.75. The van der Waals surface area contributed by atoms with E-state index in [0.717, 1.165) is 35.5 Å². The number of hydrogen-bond donors (Lipinski definition) is 1. The highest BCUT2D eigenvalue weighted by molar-refractivity contribution is 6.05. The van der Waals surface area contributed by atoms with Crippen LogP contribution in [0.3, 0.4) is 0 Å². The Kier molecular flexibility index (Phi) is 3.96. The van der Waals surface area contributed by atoms with Gasteiger partial charge in [-0.05, 0) is 13.3 Å². The number of carbonyl (C=O) groups is 1. The summed E-state index contributed by atoms with van der Waals surface area (Å²) in [6.45, 7) is 9.57. The number of amides is 1. The van der Waals surface area contributed by atoms with Crippen LogP contribution in [-0.4, -0.2) is 31.7 Å². The van der Waals surface area contributed by atoms with Gasteiger partial charge in [-0.25, -0.2) is 0 Å². The molecule has 0 radical (unpaired) electrons. The average Bonchev–Trinajstić information content (AvgIpc) is 2.50. The number of carbonyl (C=O) groups excluding carboxylic acids is 1. The van der Waals surface area contributed by atoms with Gasteiger partial charge in [0, 0.05) is 18.7 Å². The minimum absolute atomic E-state index is 0.0917. The maximum Gasteiger partial charge on any atom is 0.249 e. The molecule has 2 aliphatic heterocycles. The summed E-state index contributed by atoms with van der Waals surface area (Å²) < 4.78 is 11.3. The highest BCUT2D eigenvalue weighted by Gasteiger charge is 2.33. The van der Waals surface area contributed by atoms with Crippen molar-refractivity contribution in [2.24, 2.45) is 0 Å². The van der Waals surface area contributed by atoms with Gasteiger partial charge in [0.2, 0.25) is 5.91 Å². The second-order valence-corrected chi connectivity index (χ2v) is 5.88. The number of benzene rings is 1. The Hall–Kier alpha value is -2.17. The highest BCUT2D eigenvalue weighted by Crippen LogP contribution is 2.42. The van der Waals surface area contributed by atoms with Gasteiger partial charge in [0.15, 0.2) is 11.5 Å². The Morgan fingerprint density at radius 2 is 2.05 bits per heavy atom. The average molecular weight is 302 g/mol. The summed E-state index contributed by atoms with van der Waals surface area (Å²) >= 11 is 0. The monoisotopic (exact) mass is 302 g/mol. The van der Waals surface area contributed by atoms with Gasteiger partial charge < -0.3 is 19.7 Å². The molecule has 3 rings (SSSR count). The lowest BCUT2D eigenvalue weighted by molar-refractivity contribution is -0.119. The molecular weight excluding hydrogens is 280 g/mol. The van der Waals surface area contributed by atoms with Crippen molar-refractivity contribution >= 4 is 17.3 Å². The summed E-state index contributed by atoms with van der Waals surface area (Å²) in [6, 6.07) is 3.63. The van der Waals surface area contributed by atoms with E-state index in [0.29, 0.717) is 25.5 Å². The van der Waals surface area contributed by atoms with Gasteiger partial charge in [-0.3, -0.25) is 4.79 Å². The van der Waals surface area contributed by atoms with E-state index in [4.69, 9.17) is 9.47 Å². The largest absolute Gasteiger partial charge is 0.486 e. The van der Waals surface area contributed by atoms with E-state index in [1.165, 1.54) is 0 Å². The first-order chi connectivity index (χ1) is 10.6. The normalized spacial score (nSPS) is 19.5. The molecule has 0 fully saturated rings. The van der Waals surface area contributed by atoms with Gasteiger partial charge in [-0.1, -0.05) is 25.5 Å². The van der Waals surface area contributed by atoms with Crippen molar-refractivity contribution in [2.75, 3.05) is 30.0 Å². The van der Waals surface area contributed by atoms with Crippen LogP contribution in [0.25, 0.3) is 0 Å². The van der Waals surface area contributed by atoms with Crippen molar-refractivity contribution in [3.05, 3.63) is 24.3 Å². The highest BCUT2D eigenvalue weighted by atomic mass is 16.6. The molecule has 118 valence electrons. The van der Waals surface area contributed by atoms with Crippen molar-refractivity contribution in [2.45, 2.75) is 32.7 Å². The van der Waals surface area contributed by atoms with Gasteiger partial charge in [-0.2, -0.15) is 0 Å². The number of fused-ring (bicyclic) bond motifs is 2. The standard InChI is InChI=1S/C17H22N2O3/c1-4-5-12-17(20)19(10-11(2)3)14-9-16-15(8-13(14)18-12)21-6-7-22-16/h8-9,12,18H,2,4-7,10H2,1,3H3. The topological polar surface area (TPSA) is 50.8 Å². The van der Waals surface area contributed by atoms with Gasteiger partial charge in [0.05, 0.1) is 11.4 Å². The van der Waals surface area contributed by atoms with Crippen molar-refractivity contribution in [1.29, 1.82) is 0 Å². The van der Waals surface area contributed by atoms with Crippen LogP contribution < -0.4 is 19.7 Å². The second-order valence-electron chi connectivity index (χ2n) is 5.88. The Morgan fingerprint density at radius 1 is 1.36 bits per heavy atom. The Morgan fingerprint density at radius 3 is 2.68 bits per heavy atom. The minimum Gasteiger partial charge on any atom is -0.486 e. The molecular formula is C17H22N2O3. The van der Waals surface area contributed by atoms with Crippen LogP contribution in [-0.2, 0) is 4.79 Å². The fourth-order valence-electron chi connectivity index (χ4n) is 2.89. The summed E-state index contributed by atoms with van der Waals surface area (Å²) in [4.78, 5) is 14.5. The SMILES string of the molecule is C=C(C)CN1C(=O)C(CCC)Nc2cc3c(cc21)OCCO3. The third-order valence-corrected chi connectivity index (χ3v) is 3.85. The van der Waals surface area contributed by atoms with Gasteiger partial charge >= 0.3 is 0 Å². The van der Waals surface area contributed by atoms with E-state index in [1.54, 1.807) is 4.90 Å². The number of rotatable bonds is 4. The zero-order valence-electron chi connectivity index (χ0n) is 13.1. The molecule has 1 atom stereocenters. The van der Waals surface area contributed by atoms with E-state index >= 15 is 0 Å². The number of ether oxygens (including phenoxy) is 2. The molecule has 0 saturated heterocycles. The van der Waals surface area contributed by atoms with Crippen LogP contribution in [0.2, 0.25) is 0 Å². The molecule has 5 nitrogen and oxygen atoms in total. The van der Waals surface area contributed by atoms with E-state index in [1.807, 2.05) is 19.1 Å². The summed E-state index contributed by atoms with van der Waals surface area (Å²) in [5.41, 5.74) is 2.71. The maximum absolute atomic E-state index is 12.7. The van der Waals surface area contributed by atoms with Crippen LogP contribution in [0, 0.1) is 0 Å². The van der Waals surface area contributed by atoms with Crippen molar-refractivity contribution in [3.8, 4) is 11.5 Å². The first kappa shape index (κ1) is 14.8.